The smallest absolute Gasteiger partial charge is 0.227 e. The number of carbonyl (C=O) groups excluding carboxylic acids is 1. The molecule has 0 atom stereocenters. The van der Waals surface area contributed by atoms with Gasteiger partial charge in [0.1, 0.15) is 0 Å². The molecule has 0 rings (SSSR count). The van der Waals surface area contributed by atoms with Crippen molar-refractivity contribution >= 4 is 33.5 Å². The molecule has 0 radical (unpaired) electrons. The molecule has 0 spiro atoms. The predicted molar refractivity (Wildman–Crippen MR) is 42.5 cm³/mol. The van der Waals surface area contributed by atoms with Crippen LogP contribution in [0.1, 0.15) is 13.8 Å². The molecule has 9 heavy (non-hydrogen) atoms. The summed E-state index contributed by atoms with van der Waals surface area (Å²) in [5, 5.41) is -0.0338. The van der Waals surface area contributed by atoms with Crippen LogP contribution in [0.5, 0.6) is 0 Å². The van der Waals surface area contributed by atoms with E-state index in [0.29, 0.717) is 11.0 Å². The van der Waals surface area contributed by atoms with Crippen LogP contribution in [0, 0.1) is 0 Å². The zero-order chi connectivity index (χ0) is 7.28. The molecule has 0 aliphatic carbocycles. The van der Waals surface area contributed by atoms with Crippen molar-refractivity contribution in [2.24, 2.45) is 0 Å². The second kappa shape index (κ2) is 4.76. The minimum Gasteiger partial charge on any atom is -0.479 e. The molecule has 52 valence electrons. The Kier molecular flexibility index (Phi) is 4.71. The summed E-state index contributed by atoms with van der Waals surface area (Å²) in [6, 6.07) is 0. The van der Waals surface area contributed by atoms with Gasteiger partial charge in [0, 0.05) is 6.92 Å². The summed E-state index contributed by atoms with van der Waals surface area (Å²) in [4.78, 5) is 10.3. The molecule has 0 N–H and O–H groups in total. The van der Waals surface area contributed by atoms with E-state index in [1.807, 2.05) is 6.92 Å². The van der Waals surface area contributed by atoms with Gasteiger partial charge in [0.25, 0.3) is 0 Å². The summed E-state index contributed by atoms with van der Waals surface area (Å²) in [6.45, 7) is 3.81. The van der Waals surface area contributed by atoms with Crippen molar-refractivity contribution in [1.29, 1.82) is 0 Å². The largest absolute Gasteiger partial charge is 0.479 e. The SMILES string of the molecule is CCOC(=S)SC(C)=O. The molecule has 0 saturated carbocycles. The van der Waals surface area contributed by atoms with Gasteiger partial charge < -0.3 is 4.74 Å². The van der Waals surface area contributed by atoms with Crippen LogP contribution in [-0.2, 0) is 9.53 Å². The van der Waals surface area contributed by atoms with Crippen LogP contribution >= 0.6 is 24.0 Å². The van der Waals surface area contributed by atoms with Crippen molar-refractivity contribution in [2.75, 3.05) is 6.61 Å². The lowest BCUT2D eigenvalue weighted by Gasteiger charge is -1.98. The fraction of sp³-hybridized carbons (Fsp3) is 0.600. The molecule has 0 bridgehead atoms. The molecule has 0 heterocycles. The van der Waals surface area contributed by atoms with Crippen LogP contribution in [0.3, 0.4) is 0 Å². The third-order valence-corrected chi connectivity index (χ3v) is 1.43. The lowest BCUT2D eigenvalue weighted by molar-refractivity contribution is -0.109. The van der Waals surface area contributed by atoms with Crippen molar-refractivity contribution in [1.82, 2.24) is 0 Å². The van der Waals surface area contributed by atoms with E-state index in [2.05, 4.69) is 12.2 Å². The highest BCUT2D eigenvalue weighted by atomic mass is 32.2. The highest BCUT2D eigenvalue weighted by Gasteiger charge is 1.99. The van der Waals surface area contributed by atoms with E-state index in [9.17, 15) is 4.79 Å². The van der Waals surface area contributed by atoms with E-state index in [4.69, 9.17) is 4.74 Å². The molecule has 0 fully saturated rings. The van der Waals surface area contributed by atoms with Gasteiger partial charge >= 0.3 is 0 Å². The molecule has 0 unspecified atom stereocenters. The summed E-state index contributed by atoms with van der Waals surface area (Å²) in [5.41, 5.74) is 0. The Balaban J connectivity index is 3.39. The Labute approximate surface area is 64.0 Å². The van der Waals surface area contributed by atoms with Gasteiger partial charge in [-0.25, -0.2) is 0 Å². The second-order valence-corrected chi connectivity index (χ2v) is 3.06. The molecule has 0 aliphatic heterocycles. The van der Waals surface area contributed by atoms with E-state index >= 15 is 0 Å². The van der Waals surface area contributed by atoms with E-state index in [1.54, 1.807) is 0 Å². The Morgan fingerprint density at radius 1 is 1.78 bits per heavy atom. The highest BCUT2D eigenvalue weighted by molar-refractivity contribution is 8.32. The summed E-state index contributed by atoms with van der Waals surface area (Å²) >= 11 is 5.60. The number of thioether (sulfide) groups is 1. The molecule has 0 amide bonds. The van der Waals surface area contributed by atoms with Crippen molar-refractivity contribution in [2.45, 2.75) is 13.8 Å². The van der Waals surface area contributed by atoms with Gasteiger partial charge in [-0.05, 0) is 30.9 Å². The third-order valence-electron chi connectivity index (χ3n) is 0.489. The Morgan fingerprint density at radius 3 is 2.67 bits per heavy atom. The number of hydrogen-bond donors (Lipinski definition) is 0. The molecule has 0 aliphatic rings. The first-order valence-corrected chi connectivity index (χ1v) is 3.74. The zero-order valence-corrected chi connectivity index (χ0v) is 6.97. The molecule has 0 aromatic rings. The predicted octanol–water partition coefficient (Wildman–Crippen LogP) is 1.59. The van der Waals surface area contributed by atoms with Crippen molar-refractivity contribution in [3.05, 3.63) is 0 Å². The van der Waals surface area contributed by atoms with Crippen molar-refractivity contribution < 1.29 is 9.53 Å². The fourth-order valence-corrected chi connectivity index (χ4v) is 1.15. The van der Waals surface area contributed by atoms with Crippen LogP contribution in [-0.4, -0.2) is 16.1 Å². The van der Waals surface area contributed by atoms with Crippen LogP contribution in [0.2, 0.25) is 0 Å². The monoisotopic (exact) mass is 164 g/mol. The van der Waals surface area contributed by atoms with Gasteiger partial charge in [-0.1, -0.05) is 0 Å². The van der Waals surface area contributed by atoms with Gasteiger partial charge in [0.15, 0.2) is 5.12 Å². The third kappa shape index (κ3) is 5.79. The molecule has 2 nitrogen and oxygen atoms in total. The van der Waals surface area contributed by atoms with Crippen LogP contribution in [0.25, 0.3) is 0 Å². The van der Waals surface area contributed by atoms with Crippen LogP contribution in [0.4, 0.5) is 0 Å². The molecule has 0 aromatic heterocycles. The summed E-state index contributed by atoms with van der Waals surface area (Å²) < 4.78 is 5.14. The Morgan fingerprint density at radius 2 is 2.33 bits per heavy atom. The number of hydrogen-bond acceptors (Lipinski definition) is 4. The summed E-state index contributed by atoms with van der Waals surface area (Å²) in [7, 11) is 0. The normalized spacial score (nSPS) is 8.67. The van der Waals surface area contributed by atoms with Gasteiger partial charge in [-0.2, -0.15) is 0 Å². The van der Waals surface area contributed by atoms with Crippen LogP contribution in [0.15, 0.2) is 0 Å². The first kappa shape index (κ1) is 8.91. The highest BCUT2D eigenvalue weighted by Crippen LogP contribution is 2.05. The maximum atomic E-state index is 10.3. The number of ether oxygens (including phenoxy) is 1. The maximum absolute atomic E-state index is 10.3. The second-order valence-electron chi connectivity index (χ2n) is 1.28. The number of thiocarbonyl (C=S) groups is 1. The zero-order valence-electron chi connectivity index (χ0n) is 5.34. The molecule has 0 aromatic carbocycles. The van der Waals surface area contributed by atoms with Crippen LogP contribution < -0.4 is 0 Å². The van der Waals surface area contributed by atoms with Gasteiger partial charge in [-0.15, -0.1) is 0 Å². The van der Waals surface area contributed by atoms with E-state index < -0.39 is 0 Å². The maximum Gasteiger partial charge on any atom is 0.227 e. The molecule has 0 saturated heterocycles. The standard InChI is InChI=1S/C5H8O2S2/c1-3-7-5(8)9-4(2)6/h3H2,1-2H3. The average Bonchev–Trinajstić information content (AvgIpc) is 1.63. The van der Waals surface area contributed by atoms with Crippen molar-refractivity contribution in [3.8, 4) is 0 Å². The first-order valence-electron chi connectivity index (χ1n) is 2.52. The summed E-state index contributed by atoms with van der Waals surface area (Å²) in [5.74, 6) is 0. The summed E-state index contributed by atoms with van der Waals surface area (Å²) in [6.07, 6.45) is 0. The lowest BCUT2D eigenvalue weighted by atomic mass is 10.9. The molecule has 4 heteroatoms. The lowest BCUT2D eigenvalue weighted by Crippen LogP contribution is -1.98. The van der Waals surface area contributed by atoms with Gasteiger partial charge in [-0.3, -0.25) is 4.79 Å². The molecular weight excluding hydrogens is 156 g/mol. The number of carbonyl (C=O) groups is 1. The van der Waals surface area contributed by atoms with Gasteiger partial charge in [0.2, 0.25) is 4.38 Å². The fourth-order valence-electron chi connectivity index (χ4n) is 0.265. The Bertz CT molecular complexity index is 122. The Hall–Kier alpha value is -0.0900. The van der Waals surface area contributed by atoms with Gasteiger partial charge in [0.05, 0.1) is 6.61 Å². The van der Waals surface area contributed by atoms with Crippen molar-refractivity contribution in [3.63, 3.8) is 0 Å². The van der Waals surface area contributed by atoms with E-state index in [-0.39, 0.29) is 5.12 Å². The van der Waals surface area contributed by atoms with E-state index in [0.717, 1.165) is 11.8 Å². The minimum absolute atomic E-state index is 0.0338. The first-order chi connectivity index (χ1) is 4.16. The average molecular weight is 164 g/mol. The number of rotatable bonds is 1. The quantitative estimate of drug-likeness (QED) is 0.550. The van der Waals surface area contributed by atoms with E-state index in [1.165, 1.54) is 6.92 Å². The topological polar surface area (TPSA) is 26.3 Å². The molecular formula is C5H8O2S2. The minimum atomic E-state index is -0.0338.